The fourth-order valence-corrected chi connectivity index (χ4v) is 2.52. The fourth-order valence-electron chi connectivity index (χ4n) is 2.52. The van der Waals surface area contributed by atoms with Gasteiger partial charge in [-0.25, -0.2) is 0 Å². The number of piperazine rings is 1. The minimum atomic E-state index is 0.344. The summed E-state index contributed by atoms with van der Waals surface area (Å²) >= 11 is 0. The Morgan fingerprint density at radius 1 is 1.29 bits per heavy atom. The topological polar surface area (TPSA) is 35.5 Å². The lowest BCUT2D eigenvalue weighted by atomic mass is 10.2. The van der Waals surface area contributed by atoms with Crippen LogP contribution in [0.2, 0.25) is 0 Å². The zero-order chi connectivity index (χ0) is 9.54. The van der Waals surface area contributed by atoms with Crippen molar-refractivity contribution in [3.8, 4) is 5.75 Å². The molecule has 0 amide bonds. The highest BCUT2D eigenvalue weighted by atomic mass is 16.3. The van der Waals surface area contributed by atoms with E-state index in [1.165, 1.54) is 12.1 Å². The van der Waals surface area contributed by atoms with E-state index in [-0.39, 0.29) is 0 Å². The lowest BCUT2D eigenvalue weighted by Gasteiger charge is -2.29. The molecule has 2 aliphatic heterocycles. The Morgan fingerprint density at radius 2 is 2.07 bits per heavy atom. The second-order valence-corrected chi connectivity index (χ2v) is 4.16. The van der Waals surface area contributed by atoms with Gasteiger partial charge in [0.15, 0.2) is 0 Å². The van der Waals surface area contributed by atoms with Crippen molar-refractivity contribution in [3.63, 3.8) is 0 Å². The van der Waals surface area contributed by atoms with E-state index in [1.807, 2.05) is 12.1 Å². The summed E-state index contributed by atoms with van der Waals surface area (Å²) in [5, 5.41) is 12.7. The van der Waals surface area contributed by atoms with Crippen LogP contribution in [0.5, 0.6) is 5.75 Å². The summed E-state index contributed by atoms with van der Waals surface area (Å²) in [7, 11) is 0. The van der Waals surface area contributed by atoms with Gasteiger partial charge in [-0.15, -0.1) is 0 Å². The highest BCUT2D eigenvalue weighted by Crippen LogP contribution is 2.29. The highest BCUT2D eigenvalue weighted by molar-refractivity contribution is 5.51. The molecular weight excluding hydrogens is 176 g/mol. The molecule has 2 bridgehead atoms. The first-order chi connectivity index (χ1) is 6.83. The van der Waals surface area contributed by atoms with E-state index < -0.39 is 0 Å². The van der Waals surface area contributed by atoms with Crippen molar-refractivity contribution in [1.29, 1.82) is 0 Å². The van der Waals surface area contributed by atoms with Crippen LogP contribution >= 0.6 is 0 Å². The predicted molar refractivity (Wildman–Crippen MR) is 55.6 cm³/mol. The number of phenols is 1. The zero-order valence-corrected chi connectivity index (χ0v) is 7.98. The number of nitrogens with one attached hydrogen (secondary N) is 1. The van der Waals surface area contributed by atoms with Crippen molar-refractivity contribution in [2.24, 2.45) is 0 Å². The smallest absolute Gasteiger partial charge is 0.115 e. The minimum absolute atomic E-state index is 0.344. The van der Waals surface area contributed by atoms with Crippen molar-refractivity contribution < 1.29 is 5.11 Å². The zero-order valence-electron chi connectivity index (χ0n) is 7.98. The van der Waals surface area contributed by atoms with Crippen molar-refractivity contribution in [1.82, 2.24) is 5.32 Å². The first-order valence-corrected chi connectivity index (χ1v) is 5.12. The van der Waals surface area contributed by atoms with Crippen LogP contribution in [0.25, 0.3) is 0 Å². The van der Waals surface area contributed by atoms with Crippen LogP contribution in [-0.4, -0.2) is 30.3 Å². The van der Waals surface area contributed by atoms with Crippen molar-refractivity contribution in [2.75, 3.05) is 18.0 Å². The van der Waals surface area contributed by atoms with Gasteiger partial charge in [-0.2, -0.15) is 0 Å². The lowest BCUT2D eigenvalue weighted by Crippen LogP contribution is -2.43. The van der Waals surface area contributed by atoms with Gasteiger partial charge in [0, 0.05) is 30.9 Å². The quantitative estimate of drug-likeness (QED) is 0.692. The number of benzene rings is 1. The number of hydrogen-bond acceptors (Lipinski definition) is 3. The molecular formula is C11H14N2O. The Labute approximate surface area is 83.3 Å². The van der Waals surface area contributed by atoms with E-state index in [0.29, 0.717) is 17.8 Å². The van der Waals surface area contributed by atoms with Crippen molar-refractivity contribution in [2.45, 2.75) is 18.5 Å². The van der Waals surface area contributed by atoms with Crippen LogP contribution < -0.4 is 10.2 Å². The molecule has 0 radical (unpaired) electrons. The van der Waals surface area contributed by atoms with Gasteiger partial charge in [0.2, 0.25) is 0 Å². The third kappa shape index (κ3) is 1.16. The molecule has 0 aliphatic carbocycles. The van der Waals surface area contributed by atoms with Gasteiger partial charge in [0.25, 0.3) is 0 Å². The SMILES string of the molecule is Oc1ccc(N2CC3CC2CN3)cc1. The number of phenolic OH excluding ortho intramolecular Hbond substituents is 1. The van der Waals surface area contributed by atoms with Crippen molar-refractivity contribution >= 4 is 5.69 Å². The van der Waals surface area contributed by atoms with Crippen LogP contribution in [0.1, 0.15) is 6.42 Å². The Balaban J connectivity index is 1.86. The number of fused-ring (bicyclic) bond motifs is 2. The third-order valence-corrected chi connectivity index (χ3v) is 3.24. The van der Waals surface area contributed by atoms with Crippen molar-refractivity contribution in [3.05, 3.63) is 24.3 Å². The van der Waals surface area contributed by atoms with Crippen LogP contribution in [0.3, 0.4) is 0 Å². The van der Waals surface area contributed by atoms with E-state index in [4.69, 9.17) is 0 Å². The predicted octanol–water partition coefficient (Wildman–Crippen LogP) is 0.943. The molecule has 2 unspecified atom stereocenters. The third-order valence-electron chi connectivity index (χ3n) is 3.24. The molecule has 2 saturated heterocycles. The molecule has 3 nitrogen and oxygen atoms in total. The molecule has 14 heavy (non-hydrogen) atoms. The molecule has 0 saturated carbocycles. The van der Waals surface area contributed by atoms with E-state index in [9.17, 15) is 5.11 Å². The highest BCUT2D eigenvalue weighted by Gasteiger charge is 2.37. The van der Waals surface area contributed by atoms with E-state index in [1.54, 1.807) is 12.1 Å². The first-order valence-electron chi connectivity index (χ1n) is 5.12. The average Bonchev–Trinajstić information content (AvgIpc) is 2.80. The molecule has 2 fully saturated rings. The largest absolute Gasteiger partial charge is 0.508 e. The normalized spacial score (nSPS) is 29.9. The van der Waals surface area contributed by atoms with Crippen LogP contribution in [0.4, 0.5) is 5.69 Å². The number of hydrogen-bond donors (Lipinski definition) is 2. The van der Waals surface area contributed by atoms with Gasteiger partial charge in [0.05, 0.1) is 0 Å². The maximum atomic E-state index is 9.20. The molecule has 0 aromatic heterocycles. The molecule has 2 atom stereocenters. The summed E-state index contributed by atoms with van der Waals surface area (Å²) in [5.74, 6) is 0.344. The molecule has 2 heterocycles. The number of anilines is 1. The Bertz CT molecular complexity index is 336. The Kier molecular flexibility index (Phi) is 1.67. The van der Waals surface area contributed by atoms with Gasteiger partial charge in [-0.05, 0) is 30.7 Å². The van der Waals surface area contributed by atoms with E-state index in [0.717, 1.165) is 13.1 Å². The molecule has 1 aromatic carbocycles. The first kappa shape index (κ1) is 8.12. The van der Waals surface area contributed by atoms with E-state index >= 15 is 0 Å². The maximum absolute atomic E-state index is 9.20. The second-order valence-electron chi connectivity index (χ2n) is 4.16. The Morgan fingerprint density at radius 3 is 2.64 bits per heavy atom. The number of aromatic hydroxyl groups is 1. The minimum Gasteiger partial charge on any atom is -0.508 e. The summed E-state index contributed by atoms with van der Waals surface area (Å²) in [6, 6.07) is 8.84. The molecule has 1 aromatic rings. The number of nitrogens with zero attached hydrogens (tertiary/aromatic N) is 1. The molecule has 3 rings (SSSR count). The summed E-state index contributed by atoms with van der Waals surface area (Å²) in [6.07, 6.45) is 1.26. The molecule has 74 valence electrons. The second kappa shape index (κ2) is 2.89. The van der Waals surface area contributed by atoms with Gasteiger partial charge >= 0.3 is 0 Å². The Hall–Kier alpha value is -1.22. The average molecular weight is 190 g/mol. The summed E-state index contributed by atoms with van der Waals surface area (Å²) in [4.78, 5) is 2.43. The summed E-state index contributed by atoms with van der Waals surface area (Å²) in [6.45, 7) is 2.21. The van der Waals surface area contributed by atoms with Crippen LogP contribution in [0.15, 0.2) is 24.3 Å². The lowest BCUT2D eigenvalue weighted by molar-refractivity contribution is 0.475. The van der Waals surface area contributed by atoms with Crippen LogP contribution in [-0.2, 0) is 0 Å². The molecule has 2 N–H and O–H groups in total. The van der Waals surface area contributed by atoms with E-state index in [2.05, 4.69) is 10.2 Å². The fraction of sp³-hybridized carbons (Fsp3) is 0.455. The molecule has 3 heteroatoms. The van der Waals surface area contributed by atoms with Gasteiger partial charge in [-0.3, -0.25) is 0 Å². The maximum Gasteiger partial charge on any atom is 0.115 e. The molecule has 0 spiro atoms. The standard InChI is InChI=1S/C11H14N2O/c14-11-3-1-9(2-4-11)13-7-8-5-10(13)6-12-8/h1-4,8,10,12,14H,5-7H2. The van der Waals surface area contributed by atoms with Gasteiger partial charge in [0.1, 0.15) is 5.75 Å². The monoisotopic (exact) mass is 190 g/mol. The summed E-state index contributed by atoms with van der Waals surface area (Å²) in [5.41, 5.74) is 1.23. The summed E-state index contributed by atoms with van der Waals surface area (Å²) < 4.78 is 0. The van der Waals surface area contributed by atoms with Crippen LogP contribution in [0, 0.1) is 0 Å². The van der Waals surface area contributed by atoms with Gasteiger partial charge in [-0.1, -0.05) is 0 Å². The van der Waals surface area contributed by atoms with Gasteiger partial charge < -0.3 is 15.3 Å². The molecule has 2 aliphatic rings. The number of rotatable bonds is 1.